The molecular formula is C20H22ClFN4O3. The number of anilines is 1. The fourth-order valence-corrected chi connectivity index (χ4v) is 3.54. The molecule has 1 aromatic heterocycles. The molecular weight excluding hydrogens is 399 g/mol. The molecule has 1 aliphatic heterocycles. The Morgan fingerprint density at radius 1 is 1.31 bits per heavy atom. The summed E-state index contributed by atoms with van der Waals surface area (Å²) >= 11 is 5.74. The van der Waals surface area contributed by atoms with Crippen LogP contribution in [0.1, 0.15) is 21.5 Å². The third kappa shape index (κ3) is 4.49. The summed E-state index contributed by atoms with van der Waals surface area (Å²) in [6.07, 6.45) is 2.02. The number of halogens is 2. The topological polar surface area (TPSA) is 74.7 Å². The molecule has 1 N–H and O–H groups in total. The first-order valence-electron chi connectivity index (χ1n) is 9.07. The van der Waals surface area contributed by atoms with E-state index in [0.29, 0.717) is 25.1 Å². The van der Waals surface area contributed by atoms with Gasteiger partial charge in [-0.3, -0.25) is 14.4 Å². The minimum atomic E-state index is -0.687. The third-order valence-corrected chi connectivity index (χ3v) is 5.01. The van der Waals surface area contributed by atoms with Crippen LogP contribution in [0.4, 0.5) is 10.1 Å². The molecule has 2 aromatic rings. The second-order valence-corrected chi connectivity index (χ2v) is 7.74. The number of aromatic nitrogens is 1. The summed E-state index contributed by atoms with van der Waals surface area (Å²) in [6, 6.07) is 3.88. The van der Waals surface area contributed by atoms with Crippen molar-refractivity contribution in [1.82, 2.24) is 14.4 Å². The molecule has 154 valence electrons. The second kappa shape index (κ2) is 8.34. The molecule has 7 nitrogen and oxygen atoms in total. The number of nitrogens with one attached hydrogen (secondary N) is 1. The minimum absolute atomic E-state index is 0.0243. The summed E-state index contributed by atoms with van der Waals surface area (Å²) in [5.74, 6) is -1.39. The van der Waals surface area contributed by atoms with Gasteiger partial charge in [0.15, 0.2) is 0 Å². The highest BCUT2D eigenvalue weighted by atomic mass is 35.5. The average Bonchev–Trinajstić information content (AvgIpc) is 2.64. The molecule has 0 fully saturated rings. The van der Waals surface area contributed by atoms with Crippen molar-refractivity contribution in [3.8, 4) is 0 Å². The second-order valence-electron chi connectivity index (χ2n) is 7.31. The first-order chi connectivity index (χ1) is 13.7. The van der Waals surface area contributed by atoms with Gasteiger partial charge in [0.2, 0.25) is 5.91 Å². The number of rotatable bonds is 4. The van der Waals surface area contributed by atoms with Crippen molar-refractivity contribution in [2.45, 2.75) is 13.0 Å². The third-order valence-electron chi connectivity index (χ3n) is 4.78. The molecule has 2 heterocycles. The zero-order valence-corrected chi connectivity index (χ0v) is 17.2. The standard InChI is InChI=1S/C20H22ClFN4O3/c1-24(2)11-17(27)26-7-6-14-12(10-26)9-25(3)20(29)18(14)19(28)23-16-5-4-13(21)8-15(16)22/h4-5,8-9H,6-7,10-11H2,1-3H3,(H,23,28). The van der Waals surface area contributed by atoms with E-state index in [0.717, 1.165) is 11.6 Å². The Morgan fingerprint density at radius 3 is 2.69 bits per heavy atom. The lowest BCUT2D eigenvalue weighted by Crippen LogP contribution is -2.43. The fourth-order valence-electron chi connectivity index (χ4n) is 3.38. The number of amides is 2. The Morgan fingerprint density at radius 2 is 2.03 bits per heavy atom. The highest BCUT2D eigenvalue weighted by molar-refractivity contribution is 6.30. The number of hydrogen-bond donors (Lipinski definition) is 1. The molecule has 9 heteroatoms. The first-order valence-corrected chi connectivity index (χ1v) is 9.45. The Balaban J connectivity index is 1.93. The van der Waals surface area contributed by atoms with Crippen LogP contribution in [-0.2, 0) is 24.8 Å². The van der Waals surface area contributed by atoms with E-state index in [-0.39, 0.29) is 28.7 Å². The van der Waals surface area contributed by atoms with Crippen LogP contribution >= 0.6 is 11.6 Å². The van der Waals surface area contributed by atoms with Crippen LogP contribution in [0.2, 0.25) is 5.02 Å². The van der Waals surface area contributed by atoms with E-state index >= 15 is 0 Å². The zero-order chi connectivity index (χ0) is 21.3. The van der Waals surface area contributed by atoms with E-state index < -0.39 is 17.3 Å². The first kappa shape index (κ1) is 21.0. The molecule has 0 saturated heterocycles. The van der Waals surface area contributed by atoms with Crippen LogP contribution in [-0.4, -0.2) is 53.4 Å². The van der Waals surface area contributed by atoms with Crippen molar-refractivity contribution in [2.24, 2.45) is 7.05 Å². The molecule has 0 saturated carbocycles. The van der Waals surface area contributed by atoms with Crippen LogP contribution in [0.5, 0.6) is 0 Å². The maximum Gasteiger partial charge on any atom is 0.263 e. The minimum Gasteiger partial charge on any atom is -0.337 e. The predicted molar refractivity (Wildman–Crippen MR) is 109 cm³/mol. The van der Waals surface area contributed by atoms with Gasteiger partial charge in [-0.05, 0) is 49.8 Å². The van der Waals surface area contributed by atoms with Crippen molar-refractivity contribution in [2.75, 3.05) is 32.5 Å². The zero-order valence-electron chi connectivity index (χ0n) is 16.5. The molecule has 1 aliphatic rings. The molecule has 0 aliphatic carbocycles. The van der Waals surface area contributed by atoms with Gasteiger partial charge >= 0.3 is 0 Å². The molecule has 1 aromatic carbocycles. The molecule has 29 heavy (non-hydrogen) atoms. The van der Waals surface area contributed by atoms with Crippen molar-refractivity contribution >= 4 is 29.1 Å². The molecule has 0 spiro atoms. The SMILES string of the molecule is CN(C)CC(=O)N1CCc2c(cn(C)c(=O)c2C(=O)Nc2ccc(Cl)cc2F)C1. The van der Waals surface area contributed by atoms with Gasteiger partial charge in [0.05, 0.1) is 12.2 Å². The van der Waals surface area contributed by atoms with Crippen LogP contribution < -0.4 is 10.9 Å². The van der Waals surface area contributed by atoms with Crippen LogP contribution in [0.15, 0.2) is 29.2 Å². The number of likely N-dealkylation sites (N-methyl/N-ethyl adjacent to an activating group) is 1. The lowest BCUT2D eigenvalue weighted by Gasteiger charge is -2.31. The van der Waals surface area contributed by atoms with Gasteiger partial charge in [0, 0.05) is 31.4 Å². The number of benzene rings is 1. The summed E-state index contributed by atoms with van der Waals surface area (Å²) in [6.45, 7) is 0.998. The summed E-state index contributed by atoms with van der Waals surface area (Å²) < 4.78 is 15.4. The number of carbonyl (C=O) groups is 2. The molecule has 2 amide bonds. The number of nitrogens with zero attached hydrogens (tertiary/aromatic N) is 3. The number of pyridine rings is 1. The number of hydrogen-bond acceptors (Lipinski definition) is 4. The molecule has 0 unspecified atom stereocenters. The number of fused-ring (bicyclic) bond motifs is 1. The molecule has 0 bridgehead atoms. The molecule has 0 radical (unpaired) electrons. The predicted octanol–water partition coefficient (Wildman–Crippen LogP) is 1.88. The van der Waals surface area contributed by atoms with E-state index in [1.807, 2.05) is 14.1 Å². The molecule has 3 rings (SSSR count). The number of aryl methyl sites for hydroxylation is 1. The Labute approximate surface area is 172 Å². The maximum absolute atomic E-state index is 14.1. The lowest BCUT2D eigenvalue weighted by molar-refractivity contribution is -0.132. The van der Waals surface area contributed by atoms with Gasteiger partial charge < -0.3 is 19.7 Å². The van der Waals surface area contributed by atoms with Crippen molar-refractivity contribution < 1.29 is 14.0 Å². The monoisotopic (exact) mass is 420 g/mol. The maximum atomic E-state index is 14.1. The highest BCUT2D eigenvalue weighted by Crippen LogP contribution is 2.23. The van der Waals surface area contributed by atoms with Gasteiger partial charge in [-0.1, -0.05) is 11.6 Å². The van der Waals surface area contributed by atoms with Crippen LogP contribution in [0, 0.1) is 5.82 Å². The summed E-state index contributed by atoms with van der Waals surface area (Å²) in [5, 5.41) is 2.66. The smallest absolute Gasteiger partial charge is 0.263 e. The largest absolute Gasteiger partial charge is 0.337 e. The van der Waals surface area contributed by atoms with E-state index in [2.05, 4.69) is 5.32 Å². The van der Waals surface area contributed by atoms with Crippen molar-refractivity contribution in [3.63, 3.8) is 0 Å². The van der Waals surface area contributed by atoms with Gasteiger partial charge in [-0.25, -0.2) is 4.39 Å². The van der Waals surface area contributed by atoms with E-state index in [1.54, 1.807) is 23.0 Å². The van der Waals surface area contributed by atoms with Crippen LogP contribution in [0.3, 0.4) is 0 Å². The number of carbonyl (C=O) groups excluding carboxylic acids is 2. The van der Waals surface area contributed by atoms with Gasteiger partial charge in [0.25, 0.3) is 11.5 Å². The van der Waals surface area contributed by atoms with Gasteiger partial charge in [0.1, 0.15) is 11.4 Å². The lowest BCUT2D eigenvalue weighted by atomic mass is 9.96. The van der Waals surface area contributed by atoms with Crippen molar-refractivity contribution in [3.05, 3.63) is 62.3 Å². The Kier molecular flexibility index (Phi) is 6.04. The summed E-state index contributed by atoms with van der Waals surface area (Å²) in [4.78, 5) is 41.4. The normalized spacial score (nSPS) is 13.4. The van der Waals surface area contributed by atoms with E-state index in [9.17, 15) is 18.8 Å². The van der Waals surface area contributed by atoms with E-state index in [1.165, 1.54) is 16.7 Å². The van der Waals surface area contributed by atoms with Crippen LogP contribution in [0.25, 0.3) is 0 Å². The van der Waals surface area contributed by atoms with E-state index in [4.69, 9.17) is 11.6 Å². The fraction of sp³-hybridized carbons (Fsp3) is 0.350. The quantitative estimate of drug-likeness (QED) is 0.819. The Bertz CT molecular complexity index is 1040. The van der Waals surface area contributed by atoms with Gasteiger partial charge in [-0.2, -0.15) is 0 Å². The Hall–Kier alpha value is -2.71. The highest BCUT2D eigenvalue weighted by Gasteiger charge is 2.28. The summed E-state index contributed by atoms with van der Waals surface area (Å²) in [7, 11) is 5.18. The van der Waals surface area contributed by atoms with Gasteiger partial charge in [-0.15, -0.1) is 0 Å². The van der Waals surface area contributed by atoms with Crippen molar-refractivity contribution in [1.29, 1.82) is 0 Å². The summed E-state index contributed by atoms with van der Waals surface area (Å²) in [5.41, 5.74) is 0.765. The average molecular weight is 421 g/mol. The molecule has 0 atom stereocenters.